The number of para-hydroxylation sites is 2. The Morgan fingerprint density at radius 2 is 1.31 bits per heavy atom. The zero-order valence-corrected chi connectivity index (χ0v) is 29.3. The van der Waals surface area contributed by atoms with Crippen LogP contribution in [0.3, 0.4) is 0 Å². The van der Waals surface area contributed by atoms with Crippen molar-refractivity contribution in [3.63, 3.8) is 0 Å². The Bertz CT molecular complexity index is 2450. The van der Waals surface area contributed by atoms with Crippen molar-refractivity contribution >= 4 is 77.8 Å². The quantitative estimate of drug-likeness (QED) is 0.117. The minimum absolute atomic E-state index is 0.912. The van der Waals surface area contributed by atoms with Crippen LogP contribution in [0.2, 0.25) is 0 Å². The molecular weight excluding hydrogens is 633 g/mol. The molecule has 1 aromatic heterocycles. The van der Waals surface area contributed by atoms with Crippen LogP contribution in [-0.4, -0.2) is 6.54 Å². The molecule has 1 aliphatic heterocycles. The van der Waals surface area contributed by atoms with Crippen LogP contribution >= 0.6 is 23.1 Å². The number of hydrogen-bond acceptors (Lipinski definition) is 3. The number of allylic oxidation sites excluding steroid dienone is 6. The van der Waals surface area contributed by atoms with Gasteiger partial charge in [0.05, 0.1) is 10.7 Å². The second-order valence-electron chi connectivity index (χ2n) is 12.1. The van der Waals surface area contributed by atoms with E-state index in [1.807, 2.05) is 23.1 Å². The molecule has 0 unspecified atom stereocenters. The number of benzene rings is 6. The maximum atomic E-state index is 2.43. The average molecular weight is 670 g/mol. The highest BCUT2D eigenvalue weighted by molar-refractivity contribution is 8.03. The molecule has 49 heavy (non-hydrogen) atoms. The summed E-state index contributed by atoms with van der Waals surface area (Å²) >= 11 is 3.70. The fraction of sp³-hybridized carbons (Fsp3) is 0.0889. The predicted octanol–water partition coefficient (Wildman–Crippen LogP) is 12.2. The lowest BCUT2D eigenvalue weighted by Crippen LogP contribution is -2.33. The monoisotopic (exact) mass is 669 g/mol. The standard InChI is InChI=1S/C45H37N2S2/c1-3-46-40-26-9-11-28-42(40)48-44(46)30-34(38-24-14-18-32-16-5-7-22-36(32)38)20-13-21-35(39-25-15-19-33-17-6-8-23-37(33)39)31-45-47(4-2)41-27-10-12-29-43(41)49-45/h5-31H,3-4H2,1-2H3/q+1. The molecule has 8 rings (SSSR count). The van der Waals surface area contributed by atoms with E-state index in [0.29, 0.717) is 0 Å². The van der Waals surface area contributed by atoms with Crippen LogP contribution in [0.4, 0.5) is 5.69 Å². The summed E-state index contributed by atoms with van der Waals surface area (Å²) in [7, 11) is 0. The van der Waals surface area contributed by atoms with E-state index >= 15 is 0 Å². The first-order valence-electron chi connectivity index (χ1n) is 17.0. The first-order chi connectivity index (χ1) is 24.2. The number of aromatic nitrogens is 1. The molecule has 1 aliphatic rings. The van der Waals surface area contributed by atoms with Crippen LogP contribution in [-0.2, 0) is 6.54 Å². The Hall–Kier alpha value is -5.16. The van der Waals surface area contributed by atoms with Gasteiger partial charge in [0.25, 0.3) is 5.01 Å². The summed E-state index contributed by atoms with van der Waals surface area (Å²) in [5.74, 6) is 0. The third-order valence-electron chi connectivity index (χ3n) is 9.22. The molecule has 6 aromatic carbocycles. The highest BCUT2D eigenvalue weighted by atomic mass is 32.2. The number of aryl methyl sites for hydroxylation is 1. The first-order valence-corrected chi connectivity index (χ1v) is 18.6. The number of thiazole rings is 1. The van der Waals surface area contributed by atoms with E-state index in [-0.39, 0.29) is 0 Å². The largest absolute Gasteiger partial charge is 0.335 e. The summed E-state index contributed by atoms with van der Waals surface area (Å²) in [5.41, 5.74) is 7.39. The average Bonchev–Trinajstić information content (AvgIpc) is 3.70. The molecule has 0 saturated heterocycles. The fourth-order valence-corrected chi connectivity index (χ4v) is 9.24. The van der Waals surface area contributed by atoms with E-state index in [1.165, 1.54) is 74.7 Å². The van der Waals surface area contributed by atoms with Crippen molar-refractivity contribution in [1.29, 1.82) is 0 Å². The van der Waals surface area contributed by atoms with E-state index in [4.69, 9.17) is 0 Å². The maximum Gasteiger partial charge on any atom is 0.263 e. The Labute approximate surface area is 296 Å². The van der Waals surface area contributed by atoms with E-state index in [9.17, 15) is 0 Å². The van der Waals surface area contributed by atoms with Crippen molar-refractivity contribution in [2.45, 2.75) is 25.3 Å². The van der Waals surface area contributed by atoms with E-state index in [0.717, 1.165) is 13.1 Å². The second-order valence-corrected chi connectivity index (χ2v) is 14.2. The van der Waals surface area contributed by atoms with Gasteiger partial charge in [-0.3, -0.25) is 0 Å². The number of thioether (sulfide) groups is 1. The fourth-order valence-electron chi connectivity index (χ4n) is 6.88. The van der Waals surface area contributed by atoms with Gasteiger partial charge in [-0.15, -0.1) is 0 Å². The molecule has 0 spiro atoms. The minimum atomic E-state index is 0.912. The lowest BCUT2D eigenvalue weighted by atomic mass is 9.96. The smallest absolute Gasteiger partial charge is 0.263 e. The van der Waals surface area contributed by atoms with Crippen molar-refractivity contribution < 1.29 is 4.57 Å². The molecule has 0 amide bonds. The Balaban J connectivity index is 1.30. The number of anilines is 1. The van der Waals surface area contributed by atoms with Crippen molar-refractivity contribution in [3.05, 3.63) is 179 Å². The molecule has 4 heteroatoms. The van der Waals surface area contributed by atoms with E-state index in [2.05, 4.69) is 187 Å². The van der Waals surface area contributed by atoms with Gasteiger partial charge in [0.1, 0.15) is 11.2 Å². The SMILES string of the molecule is CCN1C(=CC(=CC=CC(=Cc2sc3ccccc3[n+]2CC)c2cccc3ccccc23)c2cccc3ccccc23)Sc2ccccc21. The van der Waals surface area contributed by atoms with Crippen molar-refractivity contribution in [2.75, 3.05) is 11.4 Å². The van der Waals surface area contributed by atoms with Crippen LogP contribution in [0.1, 0.15) is 30.0 Å². The summed E-state index contributed by atoms with van der Waals surface area (Å²) in [5, 5.41) is 7.49. The number of rotatable bonds is 8. The number of hydrogen-bond donors (Lipinski definition) is 0. The molecule has 2 heterocycles. The Morgan fingerprint density at radius 3 is 2.04 bits per heavy atom. The normalized spacial score (nSPS) is 14.6. The molecule has 2 nitrogen and oxygen atoms in total. The van der Waals surface area contributed by atoms with Gasteiger partial charge in [-0.2, -0.15) is 4.57 Å². The van der Waals surface area contributed by atoms with E-state index < -0.39 is 0 Å². The molecule has 0 fully saturated rings. The molecule has 0 atom stereocenters. The van der Waals surface area contributed by atoms with Crippen LogP contribution in [0.25, 0.3) is 49.0 Å². The molecule has 0 aliphatic carbocycles. The molecular formula is C45H37N2S2+. The maximum absolute atomic E-state index is 2.43. The predicted molar refractivity (Wildman–Crippen MR) is 214 cm³/mol. The summed E-state index contributed by atoms with van der Waals surface area (Å²) in [6.45, 7) is 6.29. The zero-order valence-electron chi connectivity index (χ0n) is 27.7. The van der Waals surface area contributed by atoms with Crippen molar-refractivity contribution in [3.8, 4) is 0 Å². The van der Waals surface area contributed by atoms with E-state index in [1.54, 1.807) is 0 Å². The third-order valence-corrected chi connectivity index (χ3v) is 11.4. The third kappa shape index (κ3) is 6.03. The van der Waals surface area contributed by atoms with Crippen LogP contribution in [0.15, 0.2) is 168 Å². The van der Waals surface area contributed by atoms with Gasteiger partial charge >= 0.3 is 0 Å². The minimum Gasteiger partial charge on any atom is -0.335 e. The van der Waals surface area contributed by atoms with Gasteiger partial charge in [0.2, 0.25) is 5.52 Å². The first kappa shape index (κ1) is 31.1. The topological polar surface area (TPSA) is 7.12 Å². The molecule has 238 valence electrons. The number of fused-ring (bicyclic) bond motifs is 4. The van der Waals surface area contributed by atoms with Gasteiger partial charge < -0.3 is 4.90 Å². The molecule has 0 saturated carbocycles. The Kier molecular flexibility index (Phi) is 8.74. The van der Waals surface area contributed by atoms with Gasteiger partial charge in [0.15, 0.2) is 0 Å². The molecule has 0 N–H and O–H groups in total. The highest BCUT2D eigenvalue weighted by Crippen LogP contribution is 2.46. The lowest BCUT2D eigenvalue weighted by molar-refractivity contribution is -0.665. The van der Waals surface area contributed by atoms with Gasteiger partial charge in [-0.1, -0.05) is 151 Å². The van der Waals surface area contributed by atoms with Gasteiger partial charge in [-0.05, 0) is 81.9 Å². The highest BCUT2D eigenvalue weighted by Gasteiger charge is 2.24. The van der Waals surface area contributed by atoms with Crippen molar-refractivity contribution in [2.24, 2.45) is 0 Å². The molecule has 7 aromatic rings. The summed E-state index contributed by atoms with van der Waals surface area (Å²) in [6, 6.07) is 48.1. The number of nitrogens with zero attached hydrogens (tertiary/aromatic N) is 2. The zero-order chi connectivity index (χ0) is 33.2. The summed E-state index contributed by atoms with van der Waals surface area (Å²) in [6.07, 6.45) is 11.6. The van der Waals surface area contributed by atoms with Crippen LogP contribution < -0.4 is 9.47 Å². The van der Waals surface area contributed by atoms with Crippen LogP contribution in [0, 0.1) is 0 Å². The van der Waals surface area contributed by atoms with Crippen molar-refractivity contribution in [1.82, 2.24) is 0 Å². The second kappa shape index (κ2) is 13.8. The summed E-state index contributed by atoms with van der Waals surface area (Å²) in [4.78, 5) is 3.73. The van der Waals surface area contributed by atoms with Crippen LogP contribution in [0.5, 0.6) is 0 Å². The Morgan fingerprint density at radius 1 is 0.673 bits per heavy atom. The molecule has 0 bridgehead atoms. The lowest BCUT2D eigenvalue weighted by Gasteiger charge is -2.19. The van der Waals surface area contributed by atoms with Gasteiger partial charge in [-0.25, -0.2) is 0 Å². The van der Waals surface area contributed by atoms with Gasteiger partial charge in [0, 0.05) is 23.6 Å². The molecule has 0 radical (unpaired) electrons. The summed E-state index contributed by atoms with van der Waals surface area (Å²) < 4.78 is 3.73.